The summed E-state index contributed by atoms with van der Waals surface area (Å²) in [6, 6.07) is 18.3. The first-order valence-corrected chi connectivity index (χ1v) is 8.96. The van der Waals surface area contributed by atoms with Gasteiger partial charge >= 0.3 is 0 Å². The molecule has 0 aliphatic carbocycles. The third-order valence-corrected chi connectivity index (χ3v) is 5.37. The molecule has 2 heterocycles. The van der Waals surface area contributed by atoms with Crippen LogP contribution in [-0.2, 0) is 17.2 Å². The van der Waals surface area contributed by atoms with Crippen LogP contribution in [-0.4, -0.2) is 28.3 Å². The van der Waals surface area contributed by atoms with Crippen molar-refractivity contribution in [1.82, 2.24) is 4.57 Å². The number of aromatic nitrogens is 1. The molecule has 0 fully saturated rings. The Hall–Kier alpha value is -2.59. The highest BCUT2D eigenvalue weighted by Crippen LogP contribution is 2.36. The summed E-state index contributed by atoms with van der Waals surface area (Å²) in [6.07, 6.45) is 1.29. The van der Waals surface area contributed by atoms with Gasteiger partial charge in [0.15, 0.2) is 0 Å². The highest BCUT2D eigenvalue weighted by molar-refractivity contribution is 5.89. The first-order chi connectivity index (χ1) is 12.5. The molecule has 0 saturated heterocycles. The first-order valence-electron chi connectivity index (χ1n) is 8.96. The van der Waals surface area contributed by atoms with E-state index in [1.165, 1.54) is 0 Å². The highest BCUT2D eigenvalue weighted by Gasteiger charge is 2.39. The van der Waals surface area contributed by atoms with Gasteiger partial charge in [-0.2, -0.15) is 0 Å². The van der Waals surface area contributed by atoms with Crippen molar-refractivity contribution in [3.63, 3.8) is 0 Å². The zero-order valence-electron chi connectivity index (χ0n) is 15.4. The van der Waals surface area contributed by atoms with Crippen LogP contribution in [0.25, 0.3) is 10.9 Å². The van der Waals surface area contributed by atoms with Crippen LogP contribution in [0.15, 0.2) is 65.8 Å². The van der Waals surface area contributed by atoms with E-state index in [4.69, 9.17) is 4.74 Å². The van der Waals surface area contributed by atoms with E-state index in [2.05, 4.69) is 27.9 Å². The zero-order valence-corrected chi connectivity index (χ0v) is 15.4. The van der Waals surface area contributed by atoms with Crippen LogP contribution < -0.4 is 0 Å². The molecule has 3 aromatic rings. The Morgan fingerprint density at radius 2 is 1.81 bits per heavy atom. The maximum atomic E-state index is 11.1. The third kappa shape index (κ3) is 2.71. The van der Waals surface area contributed by atoms with Gasteiger partial charge in [-0.15, -0.1) is 0 Å². The van der Waals surface area contributed by atoms with E-state index in [0.29, 0.717) is 12.5 Å². The minimum Gasteiger partial charge on any atom is -0.476 e. The smallest absolute Gasteiger partial charge is 0.214 e. The standard InChI is InChI=1S/C22H24N2O2/c1-22(2,17-13-24(3)19-12-8-7-11-16(17)19)20(25)21-23-18(14-26-21)15-9-5-4-6-10-15/h4-13,18,20,25H,14H2,1-3H3/t18-,20?/m0/s1. The van der Waals surface area contributed by atoms with Gasteiger partial charge in [0.25, 0.3) is 0 Å². The van der Waals surface area contributed by atoms with Crippen LogP contribution in [0.5, 0.6) is 0 Å². The molecule has 0 bridgehead atoms. The molecular formula is C22H24N2O2. The molecule has 2 atom stereocenters. The van der Waals surface area contributed by atoms with E-state index in [0.717, 1.165) is 22.0 Å². The number of rotatable bonds is 4. The fourth-order valence-corrected chi connectivity index (χ4v) is 3.70. The number of aliphatic hydroxyl groups is 1. The summed E-state index contributed by atoms with van der Waals surface area (Å²) in [6.45, 7) is 4.56. The van der Waals surface area contributed by atoms with E-state index in [-0.39, 0.29) is 6.04 Å². The Kier molecular flexibility index (Phi) is 4.08. The molecule has 0 amide bonds. The van der Waals surface area contributed by atoms with Crippen LogP contribution in [0.2, 0.25) is 0 Å². The molecule has 1 N–H and O–H groups in total. The van der Waals surface area contributed by atoms with Crippen LogP contribution >= 0.6 is 0 Å². The molecular weight excluding hydrogens is 324 g/mol. The van der Waals surface area contributed by atoms with Crippen LogP contribution in [0.4, 0.5) is 0 Å². The molecule has 1 unspecified atom stereocenters. The second kappa shape index (κ2) is 6.29. The minimum absolute atomic E-state index is 0.0517. The average molecular weight is 348 g/mol. The predicted octanol–water partition coefficient (Wildman–Crippen LogP) is 3.99. The summed E-state index contributed by atoms with van der Waals surface area (Å²) in [7, 11) is 2.03. The second-order valence-electron chi connectivity index (χ2n) is 7.50. The Morgan fingerprint density at radius 1 is 1.12 bits per heavy atom. The topological polar surface area (TPSA) is 46.8 Å². The molecule has 1 aliphatic rings. The van der Waals surface area contributed by atoms with Crippen molar-refractivity contribution in [3.05, 3.63) is 71.9 Å². The van der Waals surface area contributed by atoms with Crippen molar-refractivity contribution in [2.24, 2.45) is 12.0 Å². The molecule has 26 heavy (non-hydrogen) atoms. The highest BCUT2D eigenvalue weighted by atomic mass is 16.5. The van der Waals surface area contributed by atoms with Gasteiger partial charge in [-0.25, -0.2) is 4.99 Å². The Labute approximate surface area is 153 Å². The summed E-state index contributed by atoms with van der Waals surface area (Å²) < 4.78 is 7.90. The van der Waals surface area contributed by atoms with Gasteiger partial charge in [-0.1, -0.05) is 62.4 Å². The number of ether oxygens (including phenoxy) is 1. The van der Waals surface area contributed by atoms with Crippen LogP contribution in [0, 0.1) is 0 Å². The lowest BCUT2D eigenvalue weighted by atomic mass is 9.79. The maximum absolute atomic E-state index is 11.1. The summed E-state index contributed by atoms with van der Waals surface area (Å²) in [5.74, 6) is 0.428. The summed E-state index contributed by atoms with van der Waals surface area (Å²) in [4.78, 5) is 4.67. The molecule has 4 heteroatoms. The zero-order chi connectivity index (χ0) is 18.3. The van der Waals surface area contributed by atoms with Gasteiger partial charge < -0.3 is 14.4 Å². The van der Waals surface area contributed by atoms with Crippen LogP contribution in [0.1, 0.15) is 31.0 Å². The SMILES string of the molecule is Cn1cc(C(C)(C)C(O)C2=N[C@H](c3ccccc3)CO2)c2ccccc21. The Morgan fingerprint density at radius 3 is 2.58 bits per heavy atom. The molecule has 1 aromatic heterocycles. The van der Waals surface area contributed by atoms with E-state index in [9.17, 15) is 5.11 Å². The van der Waals surface area contributed by atoms with E-state index < -0.39 is 11.5 Å². The van der Waals surface area contributed by atoms with E-state index >= 15 is 0 Å². The number of benzene rings is 2. The lowest BCUT2D eigenvalue weighted by Crippen LogP contribution is -2.40. The van der Waals surface area contributed by atoms with Crippen molar-refractivity contribution >= 4 is 16.8 Å². The number of aryl methyl sites for hydroxylation is 1. The number of nitrogens with zero attached hydrogens (tertiary/aromatic N) is 2. The van der Waals surface area contributed by atoms with Crippen molar-refractivity contribution in [1.29, 1.82) is 0 Å². The predicted molar refractivity (Wildman–Crippen MR) is 105 cm³/mol. The number of hydrogen-bond donors (Lipinski definition) is 1. The normalized spacial score (nSPS) is 18.6. The van der Waals surface area contributed by atoms with Gasteiger partial charge in [0.2, 0.25) is 5.90 Å². The fraction of sp³-hybridized carbons (Fsp3) is 0.318. The second-order valence-corrected chi connectivity index (χ2v) is 7.50. The third-order valence-electron chi connectivity index (χ3n) is 5.37. The quantitative estimate of drug-likeness (QED) is 0.775. The minimum atomic E-state index is -0.804. The number of fused-ring (bicyclic) bond motifs is 1. The lowest BCUT2D eigenvalue weighted by Gasteiger charge is -2.29. The van der Waals surface area contributed by atoms with Gasteiger partial charge in [0, 0.05) is 29.6 Å². The molecule has 2 aromatic carbocycles. The molecule has 4 nitrogen and oxygen atoms in total. The van der Waals surface area contributed by atoms with Gasteiger partial charge in [0.1, 0.15) is 18.8 Å². The molecule has 4 rings (SSSR count). The summed E-state index contributed by atoms with van der Waals surface area (Å²) in [5, 5.41) is 12.2. The number of aliphatic hydroxyl groups excluding tert-OH is 1. The lowest BCUT2D eigenvalue weighted by molar-refractivity contribution is 0.133. The molecule has 0 radical (unpaired) electrons. The van der Waals surface area contributed by atoms with E-state index in [1.54, 1.807) is 0 Å². The molecule has 1 aliphatic heterocycles. The van der Waals surface area contributed by atoms with Crippen molar-refractivity contribution in [2.45, 2.75) is 31.4 Å². The largest absolute Gasteiger partial charge is 0.476 e. The number of para-hydroxylation sites is 1. The Bertz CT molecular complexity index is 957. The molecule has 0 spiro atoms. The molecule has 0 saturated carbocycles. The fourth-order valence-electron chi connectivity index (χ4n) is 3.70. The first kappa shape index (κ1) is 16.9. The van der Waals surface area contributed by atoms with Crippen molar-refractivity contribution in [3.8, 4) is 0 Å². The summed E-state index contributed by atoms with van der Waals surface area (Å²) in [5.41, 5.74) is 2.83. The van der Waals surface area contributed by atoms with Gasteiger partial charge in [0.05, 0.1) is 0 Å². The summed E-state index contributed by atoms with van der Waals surface area (Å²) >= 11 is 0. The monoisotopic (exact) mass is 348 g/mol. The number of aliphatic imine (C=N–C) groups is 1. The maximum Gasteiger partial charge on any atom is 0.214 e. The van der Waals surface area contributed by atoms with Crippen molar-refractivity contribution < 1.29 is 9.84 Å². The Balaban J connectivity index is 1.67. The van der Waals surface area contributed by atoms with Crippen molar-refractivity contribution in [2.75, 3.05) is 6.61 Å². The average Bonchev–Trinajstić information content (AvgIpc) is 3.28. The molecule has 134 valence electrons. The number of hydrogen-bond acceptors (Lipinski definition) is 3. The van der Waals surface area contributed by atoms with Gasteiger partial charge in [-0.05, 0) is 17.2 Å². The van der Waals surface area contributed by atoms with E-state index in [1.807, 2.05) is 63.4 Å². The van der Waals surface area contributed by atoms with Crippen LogP contribution in [0.3, 0.4) is 0 Å². The van der Waals surface area contributed by atoms with Gasteiger partial charge in [-0.3, -0.25) is 0 Å².